The van der Waals surface area contributed by atoms with Gasteiger partial charge in [0.05, 0.1) is 19.8 Å². The monoisotopic (exact) mass is 431 g/mol. The van der Waals surface area contributed by atoms with E-state index in [0.717, 1.165) is 29.9 Å². The third-order valence-electron chi connectivity index (χ3n) is 6.23. The molecule has 7 heteroatoms. The van der Waals surface area contributed by atoms with Crippen LogP contribution in [0.4, 0.5) is 0 Å². The highest BCUT2D eigenvalue weighted by atomic mass is 16.5. The number of amides is 2. The molecule has 1 saturated heterocycles. The van der Waals surface area contributed by atoms with Crippen LogP contribution in [0.1, 0.15) is 46.0 Å². The molecular formula is C25H25N3O4. The van der Waals surface area contributed by atoms with Crippen LogP contribution >= 0.6 is 0 Å². The van der Waals surface area contributed by atoms with Crippen LogP contribution in [-0.4, -0.2) is 41.5 Å². The van der Waals surface area contributed by atoms with E-state index in [0.29, 0.717) is 31.9 Å². The minimum atomic E-state index is -0.235. The zero-order valence-electron chi connectivity index (χ0n) is 17.8. The predicted octanol–water partition coefficient (Wildman–Crippen LogP) is 3.51. The maximum absolute atomic E-state index is 12.5. The number of aromatic nitrogens is 1. The molecule has 0 bridgehead atoms. The molecule has 3 aromatic rings. The van der Waals surface area contributed by atoms with E-state index in [1.807, 2.05) is 12.1 Å². The smallest absolute Gasteiger partial charge is 0.251 e. The first-order chi connectivity index (χ1) is 15.7. The summed E-state index contributed by atoms with van der Waals surface area (Å²) in [6.07, 6.45) is 1.62. The lowest BCUT2D eigenvalue weighted by molar-refractivity contribution is -0.131. The highest BCUT2D eigenvalue weighted by Crippen LogP contribution is 2.32. The van der Waals surface area contributed by atoms with E-state index in [9.17, 15) is 9.59 Å². The second-order valence-electron chi connectivity index (χ2n) is 8.29. The molecule has 2 aliphatic rings. The predicted molar refractivity (Wildman–Crippen MR) is 118 cm³/mol. The first-order valence-electron chi connectivity index (χ1n) is 10.9. The number of piperidine rings is 1. The average molecular weight is 431 g/mol. The highest BCUT2D eigenvalue weighted by Gasteiger charge is 2.27. The third-order valence-corrected chi connectivity index (χ3v) is 6.23. The van der Waals surface area contributed by atoms with Crippen molar-refractivity contribution in [2.75, 3.05) is 19.6 Å². The van der Waals surface area contributed by atoms with Crippen LogP contribution in [0.15, 0.2) is 59.1 Å². The summed E-state index contributed by atoms with van der Waals surface area (Å²) < 4.78 is 11.1. The molecule has 5 rings (SSSR count). The highest BCUT2D eigenvalue weighted by molar-refractivity contribution is 5.96. The fourth-order valence-corrected chi connectivity index (χ4v) is 4.32. The van der Waals surface area contributed by atoms with Crippen molar-refractivity contribution in [3.8, 4) is 11.3 Å². The molecule has 2 amide bonds. The Bertz CT molecular complexity index is 1120. The van der Waals surface area contributed by atoms with Gasteiger partial charge in [-0.2, -0.15) is 0 Å². The Hall–Kier alpha value is -3.45. The van der Waals surface area contributed by atoms with Gasteiger partial charge in [0.25, 0.3) is 5.91 Å². The molecule has 1 aromatic heterocycles. The van der Waals surface area contributed by atoms with Crippen molar-refractivity contribution in [2.45, 2.75) is 32.0 Å². The Kier molecular flexibility index (Phi) is 5.73. The molecule has 7 nitrogen and oxygen atoms in total. The molecular weight excluding hydrogens is 406 g/mol. The number of fused-ring (bicyclic) bond motifs is 1. The van der Waals surface area contributed by atoms with Gasteiger partial charge in [-0.15, -0.1) is 0 Å². The van der Waals surface area contributed by atoms with Crippen molar-refractivity contribution >= 4 is 11.8 Å². The van der Waals surface area contributed by atoms with Gasteiger partial charge in [-0.05, 0) is 42.2 Å². The summed E-state index contributed by atoms with van der Waals surface area (Å²) in [6.45, 7) is 2.60. The molecule has 2 aliphatic heterocycles. The van der Waals surface area contributed by atoms with Crippen molar-refractivity contribution in [2.24, 2.45) is 0 Å². The minimum absolute atomic E-state index is 0.00684. The van der Waals surface area contributed by atoms with E-state index in [2.05, 4.69) is 28.7 Å². The van der Waals surface area contributed by atoms with Crippen molar-refractivity contribution in [3.05, 3.63) is 77.0 Å². The number of hydrogen-bond acceptors (Lipinski definition) is 5. The van der Waals surface area contributed by atoms with Gasteiger partial charge in [0.2, 0.25) is 5.91 Å². The molecule has 32 heavy (non-hydrogen) atoms. The van der Waals surface area contributed by atoms with E-state index in [4.69, 9.17) is 9.26 Å². The molecule has 1 N–H and O–H groups in total. The van der Waals surface area contributed by atoms with Crippen LogP contribution in [0.2, 0.25) is 0 Å². The Balaban J connectivity index is 1.14. The topological polar surface area (TPSA) is 84.7 Å². The number of ether oxygens (including phenoxy) is 1. The normalized spacial score (nSPS) is 16.1. The minimum Gasteiger partial charge on any atom is -0.372 e. The van der Waals surface area contributed by atoms with E-state index in [1.165, 1.54) is 11.1 Å². The molecule has 0 saturated carbocycles. The van der Waals surface area contributed by atoms with Gasteiger partial charge < -0.3 is 19.5 Å². The molecule has 0 atom stereocenters. The summed E-state index contributed by atoms with van der Waals surface area (Å²) in [4.78, 5) is 26.5. The molecule has 164 valence electrons. The largest absolute Gasteiger partial charge is 0.372 e. The maximum Gasteiger partial charge on any atom is 0.251 e. The summed E-state index contributed by atoms with van der Waals surface area (Å²) >= 11 is 0. The fraction of sp³-hybridized carbons (Fsp3) is 0.320. The van der Waals surface area contributed by atoms with E-state index >= 15 is 0 Å². The lowest BCUT2D eigenvalue weighted by atomic mass is 9.93. The van der Waals surface area contributed by atoms with Crippen molar-refractivity contribution in [1.29, 1.82) is 0 Å². The van der Waals surface area contributed by atoms with Crippen LogP contribution in [0.3, 0.4) is 0 Å². The van der Waals surface area contributed by atoms with E-state index < -0.39 is 0 Å². The SMILES string of the molecule is O=C(NCC(=O)N1CCC(c2cc(-c3ccc4c(c3)COC4)no2)CC1)c1ccccc1. The summed E-state index contributed by atoms with van der Waals surface area (Å²) in [7, 11) is 0. The molecule has 0 radical (unpaired) electrons. The number of nitrogens with zero attached hydrogens (tertiary/aromatic N) is 2. The third kappa shape index (κ3) is 4.29. The molecule has 3 heterocycles. The second kappa shape index (κ2) is 8.96. The van der Waals surface area contributed by atoms with E-state index in [1.54, 1.807) is 29.2 Å². The van der Waals surface area contributed by atoms with Crippen LogP contribution in [0, 0.1) is 0 Å². The molecule has 2 aromatic carbocycles. The zero-order valence-corrected chi connectivity index (χ0v) is 17.8. The number of hydrogen-bond donors (Lipinski definition) is 1. The standard InChI is InChI=1S/C25H25N3O4/c29-24(14-26-25(30)18-4-2-1-3-5-18)28-10-8-17(9-11-28)23-13-22(27-32-23)19-6-7-20-15-31-16-21(20)12-19/h1-7,12-13,17H,8-11,14-16H2,(H,26,30). The van der Waals surface area contributed by atoms with Gasteiger partial charge in [0.1, 0.15) is 11.5 Å². The van der Waals surface area contributed by atoms with Crippen LogP contribution in [-0.2, 0) is 22.7 Å². The van der Waals surface area contributed by atoms with Crippen molar-refractivity contribution in [3.63, 3.8) is 0 Å². The molecule has 1 fully saturated rings. The number of likely N-dealkylation sites (tertiary alicyclic amines) is 1. The maximum atomic E-state index is 12.5. The fourth-order valence-electron chi connectivity index (χ4n) is 4.32. The molecule has 0 unspecified atom stereocenters. The second-order valence-corrected chi connectivity index (χ2v) is 8.29. The molecule has 0 spiro atoms. The van der Waals surface area contributed by atoms with Crippen molar-refractivity contribution < 1.29 is 18.8 Å². The van der Waals surface area contributed by atoms with Crippen molar-refractivity contribution in [1.82, 2.24) is 15.4 Å². The first kappa shape index (κ1) is 20.5. The number of carbonyl (C=O) groups excluding carboxylic acids is 2. The first-order valence-corrected chi connectivity index (χ1v) is 10.9. The van der Waals surface area contributed by atoms with Crippen LogP contribution in [0.25, 0.3) is 11.3 Å². The molecule has 0 aliphatic carbocycles. The quantitative estimate of drug-likeness (QED) is 0.668. The lowest BCUT2D eigenvalue weighted by Crippen LogP contribution is -2.43. The summed E-state index contributed by atoms with van der Waals surface area (Å²) in [5, 5.41) is 6.99. The number of nitrogens with one attached hydrogen (secondary N) is 1. The van der Waals surface area contributed by atoms with Gasteiger partial charge in [0, 0.05) is 36.2 Å². The number of rotatable bonds is 5. The number of benzene rings is 2. The van der Waals surface area contributed by atoms with E-state index in [-0.39, 0.29) is 24.3 Å². The van der Waals surface area contributed by atoms with Gasteiger partial charge in [-0.25, -0.2) is 0 Å². The van der Waals surface area contributed by atoms with Gasteiger partial charge in [0.15, 0.2) is 0 Å². The number of carbonyl (C=O) groups is 2. The van der Waals surface area contributed by atoms with Gasteiger partial charge in [-0.3, -0.25) is 9.59 Å². The summed E-state index contributed by atoms with van der Waals surface area (Å²) in [5.41, 5.74) is 4.85. The lowest BCUT2D eigenvalue weighted by Gasteiger charge is -2.31. The Labute approximate surface area is 186 Å². The Morgan fingerprint density at radius 1 is 1.00 bits per heavy atom. The van der Waals surface area contributed by atoms with Gasteiger partial charge in [-0.1, -0.05) is 35.5 Å². The zero-order chi connectivity index (χ0) is 21.9. The van der Waals surface area contributed by atoms with Crippen LogP contribution in [0.5, 0.6) is 0 Å². The Morgan fingerprint density at radius 2 is 1.78 bits per heavy atom. The van der Waals surface area contributed by atoms with Crippen LogP contribution < -0.4 is 5.32 Å². The Morgan fingerprint density at radius 3 is 2.59 bits per heavy atom. The summed E-state index contributed by atoms with van der Waals surface area (Å²) in [5.74, 6) is 0.797. The summed E-state index contributed by atoms with van der Waals surface area (Å²) in [6, 6.07) is 17.2. The van der Waals surface area contributed by atoms with Gasteiger partial charge >= 0.3 is 0 Å². The average Bonchev–Trinajstić information content (AvgIpc) is 3.52.